The van der Waals surface area contributed by atoms with E-state index in [1.807, 2.05) is 0 Å². The maximum Gasteiger partial charge on any atom is 0.193 e. The van der Waals surface area contributed by atoms with E-state index in [-0.39, 0.29) is 40.1 Å². The van der Waals surface area contributed by atoms with E-state index in [2.05, 4.69) is 99.5 Å². The molecule has 0 aromatic rings. The topological polar surface area (TPSA) is 51.2 Å². The summed E-state index contributed by atoms with van der Waals surface area (Å²) in [7, 11) is -3.87. The first-order chi connectivity index (χ1) is 16.9. The summed E-state index contributed by atoms with van der Waals surface area (Å²) >= 11 is 0. The van der Waals surface area contributed by atoms with Gasteiger partial charge in [-0.3, -0.25) is 0 Å². The lowest BCUT2D eigenvalue weighted by Crippen LogP contribution is -2.49. The molecule has 1 N–H and O–H groups in total. The van der Waals surface area contributed by atoms with Crippen LogP contribution >= 0.6 is 0 Å². The van der Waals surface area contributed by atoms with Gasteiger partial charge in [0.05, 0.1) is 24.4 Å². The fraction of sp³-hybridized carbons (Fsp3) is 0.871. The van der Waals surface area contributed by atoms with Crippen LogP contribution in [0.5, 0.6) is 0 Å². The molecule has 0 radical (unpaired) electrons. The molecule has 1 saturated heterocycles. The van der Waals surface area contributed by atoms with Crippen LogP contribution in [0.4, 0.5) is 0 Å². The third-order valence-corrected chi connectivity index (χ3v) is 19.7. The van der Waals surface area contributed by atoms with E-state index in [1.165, 1.54) is 0 Å². The molecule has 37 heavy (non-hydrogen) atoms. The molecule has 0 amide bonds. The molecule has 3 rings (SSSR count). The van der Waals surface area contributed by atoms with Gasteiger partial charge in [0.15, 0.2) is 16.6 Å². The summed E-state index contributed by atoms with van der Waals surface area (Å²) in [5, 5.41) is 10.4. The predicted octanol–water partition coefficient (Wildman–Crippen LogP) is 8.25. The molecule has 3 fully saturated rings. The van der Waals surface area contributed by atoms with Crippen molar-refractivity contribution >= 4 is 16.6 Å². The summed E-state index contributed by atoms with van der Waals surface area (Å²) in [6.45, 7) is 30.0. The van der Waals surface area contributed by atoms with Crippen LogP contribution in [0.15, 0.2) is 24.8 Å². The van der Waals surface area contributed by atoms with Gasteiger partial charge in [0, 0.05) is 5.92 Å². The van der Waals surface area contributed by atoms with E-state index in [0.29, 0.717) is 17.8 Å². The zero-order valence-electron chi connectivity index (χ0n) is 25.9. The van der Waals surface area contributed by atoms with E-state index in [0.717, 1.165) is 38.5 Å². The second-order valence-electron chi connectivity index (χ2n) is 15.4. The van der Waals surface area contributed by atoms with Crippen LogP contribution in [0.3, 0.4) is 0 Å². The van der Waals surface area contributed by atoms with Gasteiger partial charge < -0.3 is 18.7 Å². The zero-order valence-corrected chi connectivity index (χ0v) is 27.9. The Hall–Kier alpha value is -0.246. The highest BCUT2D eigenvalue weighted by atomic mass is 28.4. The molecule has 1 aliphatic heterocycles. The lowest BCUT2D eigenvalue weighted by atomic mass is 9.87. The average Bonchev–Trinajstić information content (AvgIpc) is 3.28. The maximum atomic E-state index is 10.0. The van der Waals surface area contributed by atoms with Gasteiger partial charge >= 0.3 is 0 Å². The number of epoxide rings is 1. The van der Waals surface area contributed by atoms with Gasteiger partial charge in [-0.15, -0.1) is 6.58 Å². The van der Waals surface area contributed by atoms with E-state index < -0.39 is 16.6 Å². The number of hydrogen-bond acceptors (Lipinski definition) is 4. The van der Waals surface area contributed by atoms with Crippen LogP contribution in [0, 0.1) is 17.8 Å². The number of hydrogen-bond donors (Lipinski definition) is 1. The summed E-state index contributed by atoms with van der Waals surface area (Å²) in [5.74, 6) is 1.37. The Morgan fingerprint density at radius 1 is 1.03 bits per heavy atom. The Labute approximate surface area is 230 Å². The van der Waals surface area contributed by atoms with E-state index in [4.69, 9.17) is 13.6 Å². The van der Waals surface area contributed by atoms with Crippen molar-refractivity contribution < 1.29 is 18.7 Å². The lowest BCUT2D eigenvalue weighted by molar-refractivity contribution is 0.0919. The third kappa shape index (κ3) is 6.25. The molecule has 0 aromatic heterocycles. The summed E-state index contributed by atoms with van der Waals surface area (Å²) in [6, 6.07) is 0. The Balaban J connectivity index is 1.85. The lowest BCUT2D eigenvalue weighted by Gasteiger charge is -2.44. The first kappa shape index (κ1) is 31.3. The molecule has 2 aliphatic carbocycles. The van der Waals surface area contributed by atoms with Gasteiger partial charge in [0.2, 0.25) is 0 Å². The van der Waals surface area contributed by atoms with E-state index >= 15 is 0 Å². The number of aliphatic hydroxyl groups excluding tert-OH is 1. The van der Waals surface area contributed by atoms with Crippen molar-refractivity contribution in [3.8, 4) is 0 Å². The molecule has 3 aliphatic rings. The minimum absolute atomic E-state index is 0.145. The van der Waals surface area contributed by atoms with Gasteiger partial charge in [-0.05, 0) is 73.8 Å². The molecule has 0 aromatic carbocycles. The SMILES string of the molecule is C=CC(C/C=C/[C@H]1[C@H]2CC3(CO)OC3[C@H]2C[C@H]1O[Si](C)(C)C(C)(C)C)(CCCC)O[Si](C)(C)C(C)(C)C. The van der Waals surface area contributed by atoms with Crippen molar-refractivity contribution in [2.45, 2.75) is 147 Å². The van der Waals surface area contributed by atoms with E-state index in [9.17, 15) is 5.11 Å². The van der Waals surface area contributed by atoms with Gasteiger partial charge in [0.1, 0.15) is 5.60 Å². The molecule has 0 spiro atoms. The fourth-order valence-electron chi connectivity index (χ4n) is 6.18. The van der Waals surface area contributed by atoms with Crippen LogP contribution in [-0.2, 0) is 13.6 Å². The average molecular weight is 551 g/mol. The predicted molar refractivity (Wildman–Crippen MR) is 161 cm³/mol. The van der Waals surface area contributed by atoms with Gasteiger partial charge in [0.25, 0.3) is 0 Å². The largest absolute Gasteiger partial charge is 0.413 e. The van der Waals surface area contributed by atoms with Crippen LogP contribution < -0.4 is 0 Å². The molecule has 6 heteroatoms. The van der Waals surface area contributed by atoms with Gasteiger partial charge in [-0.2, -0.15) is 0 Å². The van der Waals surface area contributed by atoms with Crippen LogP contribution in [-0.4, -0.2) is 51.8 Å². The normalized spacial score (nSPS) is 33.9. The minimum atomic E-state index is -1.97. The monoisotopic (exact) mass is 550 g/mol. The number of unbranched alkanes of at least 4 members (excludes halogenated alkanes) is 1. The summed E-state index contributed by atoms with van der Waals surface area (Å²) in [6.07, 6.45) is 13.5. The van der Waals surface area contributed by atoms with Gasteiger partial charge in [-0.1, -0.05) is 79.5 Å². The van der Waals surface area contributed by atoms with Crippen LogP contribution in [0.25, 0.3) is 0 Å². The Morgan fingerprint density at radius 2 is 1.65 bits per heavy atom. The second kappa shape index (κ2) is 10.6. The molecule has 3 unspecified atom stereocenters. The highest BCUT2D eigenvalue weighted by molar-refractivity contribution is 6.74. The summed E-state index contributed by atoms with van der Waals surface area (Å²) in [5.41, 5.74) is -0.600. The number of ether oxygens (including phenoxy) is 1. The molecular formula is C31H58O4Si2. The molecular weight excluding hydrogens is 493 g/mol. The van der Waals surface area contributed by atoms with Crippen molar-refractivity contribution in [3.63, 3.8) is 0 Å². The van der Waals surface area contributed by atoms with Crippen LogP contribution in [0.1, 0.15) is 87.0 Å². The Kier molecular flexibility index (Phi) is 8.98. The molecule has 4 nitrogen and oxygen atoms in total. The van der Waals surface area contributed by atoms with Crippen molar-refractivity contribution in [1.82, 2.24) is 0 Å². The van der Waals surface area contributed by atoms with Crippen molar-refractivity contribution in [1.29, 1.82) is 0 Å². The smallest absolute Gasteiger partial charge is 0.193 e. The molecule has 214 valence electrons. The first-order valence-corrected chi connectivity index (χ1v) is 20.7. The van der Waals surface area contributed by atoms with E-state index in [1.54, 1.807) is 0 Å². The molecule has 7 atom stereocenters. The molecule has 0 bridgehead atoms. The van der Waals surface area contributed by atoms with Crippen molar-refractivity contribution in [2.75, 3.05) is 6.61 Å². The standard InChI is InChI=1S/C31H58O4Si2/c1-13-15-18-30(14-2,35-37(11,12)29(6,7)8)19-16-17-23-25-21-31(22-32)27(33-31)24(25)20-26(23)34-36(9,10)28(3,4)5/h14,16-17,23-27,32H,2,13,15,18-22H2,1,3-12H3/b17-16+/t23-,24-,25+,26+,27?,30?,31?/m0/s1. The fourth-order valence-corrected chi connectivity index (χ4v) is 9.14. The number of aliphatic hydroxyl groups is 1. The third-order valence-electron chi connectivity index (χ3n) is 10.7. The number of rotatable bonds is 12. The molecule has 2 saturated carbocycles. The minimum Gasteiger partial charge on any atom is -0.413 e. The highest BCUT2D eigenvalue weighted by Crippen LogP contribution is 2.63. The number of fused-ring (bicyclic) bond motifs is 3. The maximum absolute atomic E-state index is 10.0. The summed E-state index contributed by atoms with van der Waals surface area (Å²) in [4.78, 5) is 0. The quantitative estimate of drug-likeness (QED) is 0.151. The van der Waals surface area contributed by atoms with Crippen molar-refractivity contribution in [3.05, 3.63) is 24.8 Å². The first-order valence-electron chi connectivity index (χ1n) is 14.8. The Morgan fingerprint density at radius 3 is 2.16 bits per heavy atom. The molecule has 1 heterocycles. The van der Waals surface area contributed by atoms with Gasteiger partial charge in [-0.25, -0.2) is 0 Å². The second-order valence-corrected chi connectivity index (χ2v) is 24.9. The van der Waals surface area contributed by atoms with Crippen molar-refractivity contribution in [2.24, 2.45) is 17.8 Å². The zero-order chi connectivity index (χ0) is 28.1. The van der Waals surface area contributed by atoms with Crippen LogP contribution in [0.2, 0.25) is 36.3 Å². The highest BCUT2D eigenvalue weighted by Gasteiger charge is 2.71. The summed E-state index contributed by atoms with van der Waals surface area (Å²) < 4.78 is 20.2. The Bertz CT molecular complexity index is 839.